The summed E-state index contributed by atoms with van der Waals surface area (Å²) in [7, 11) is 4.05. The fraction of sp³-hybridized carbons (Fsp3) is 0.360. The van der Waals surface area contributed by atoms with E-state index in [0.717, 1.165) is 40.7 Å². The predicted octanol–water partition coefficient (Wildman–Crippen LogP) is 4.19. The number of carbonyl (C=O) groups excluding carboxylic acids is 1. The molecule has 5 heteroatoms. The third-order valence-corrected chi connectivity index (χ3v) is 6.90. The number of aromatic nitrogens is 1. The van der Waals surface area contributed by atoms with E-state index < -0.39 is 16.8 Å². The number of benzene rings is 2. The molecule has 0 saturated heterocycles. The van der Waals surface area contributed by atoms with Crippen molar-refractivity contribution in [1.82, 2.24) is 9.47 Å². The van der Waals surface area contributed by atoms with Crippen LogP contribution in [-0.2, 0) is 16.6 Å². The van der Waals surface area contributed by atoms with Crippen LogP contribution in [0.15, 0.2) is 54.6 Å². The summed E-state index contributed by atoms with van der Waals surface area (Å²) in [6.07, 6.45) is 1.25. The minimum absolute atomic E-state index is 0.358. The number of aliphatic carboxylic acids is 1. The zero-order valence-corrected chi connectivity index (χ0v) is 18.0. The van der Waals surface area contributed by atoms with Crippen LogP contribution in [-0.4, -0.2) is 47.1 Å². The van der Waals surface area contributed by atoms with Crippen LogP contribution in [0.3, 0.4) is 0 Å². The first kappa shape index (κ1) is 20.4. The van der Waals surface area contributed by atoms with Gasteiger partial charge in [-0.1, -0.05) is 55.5 Å². The van der Waals surface area contributed by atoms with E-state index in [1.54, 1.807) is 11.5 Å². The zero-order chi connectivity index (χ0) is 21.7. The molecule has 2 aromatic carbocycles. The Labute approximate surface area is 176 Å². The highest BCUT2D eigenvalue weighted by molar-refractivity contribution is 6.13. The maximum absolute atomic E-state index is 13.8. The molecule has 5 nitrogen and oxygen atoms in total. The highest BCUT2D eigenvalue weighted by atomic mass is 16.4. The van der Waals surface area contributed by atoms with E-state index in [-0.39, 0.29) is 5.91 Å². The Morgan fingerprint density at radius 3 is 2.30 bits per heavy atom. The van der Waals surface area contributed by atoms with Crippen molar-refractivity contribution in [3.05, 3.63) is 71.4 Å². The van der Waals surface area contributed by atoms with E-state index in [9.17, 15) is 14.7 Å². The molecule has 2 heterocycles. The number of carbonyl (C=O) groups is 2. The molecule has 2 unspecified atom stereocenters. The van der Waals surface area contributed by atoms with E-state index in [0.29, 0.717) is 6.42 Å². The number of likely N-dealkylation sites (N-methyl/N-ethyl adjacent to an activating group) is 1. The largest absolute Gasteiger partial charge is 0.480 e. The van der Waals surface area contributed by atoms with Gasteiger partial charge in [-0.2, -0.15) is 0 Å². The smallest absolute Gasteiger partial charge is 0.320 e. The Bertz CT molecular complexity index is 1130. The molecule has 1 aliphatic heterocycles. The van der Waals surface area contributed by atoms with Crippen LogP contribution in [0.2, 0.25) is 0 Å². The van der Waals surface area contributed by atoms with Crippen molar-refractivity contribution in [2.75, 3.05) is 20.6 Å². The normalized spacial score (nSPS) is 23.3. The number of rotatable bonds is 6. The third kappa shape index (κ3) is 2.45. The van der Waals surface area contributed by atoms with Crippen LogP contribution in [0, 0.1) is 5.41 Å². The average molecular weight is 405 g/mol. The first-order valence-corrected chi connectivity index (χ1v) is 10.4. The molecule has 4 rings (SSSR count). The van der Waals surface area contributed by atoms with E-state index in [1.165, 1.54) is 0 Å². The topological polar surface area (TPSA) is 62.5 Å². The van der Waals surface area contributed by atoms with Gasteiger partial charge in [0.1, 0.15) is 0 Å². The summed E-state index contributed by atoms with van der Waals surface area (Å²) in [5.41, 5.74) is 1.05. The van der Waals surface area contributed by atoms with Crippen LogP contribution in [0.1, 0.15) is 41.9 Å². The summed E-state index contributed by atoms with van der Waals surface area (Å²) >= 11 is 0. The maximum Gasteiger partial charge on any atom is 0.320 e. The number of fused-ring (bicyclic) bond motifs is 3. The van der Waals surface area contributed by atoms with Crippen LogP contribution < -0.4 is 0 Å². The van der Waals surface area contributed by atoms with Crippen molar-refractivity contribution in [2.45, 2.75) is 32.1 Å². The zero-order valence-electron chi connectivity index (χ0n) is 18.0. The maximum atomic E-state index is 13.8. The van der Waals surface area contributed by atoms with Gasteiger partial charge in [-0.3, -0.25) is 14.2 Å². The van der Waals surface area contributed by atoms with E-state index >= 15 is 0 Å². The van der Waals surface area contributed by atoms with Crippen molar-refractivity contribution in [1.29, 1.82) is 0 Å². The van der Waals surface area contributed by atoms with Gasteiger partial charge < -0.3 is 10.0 Å². The number of para-hydroxylation sites is 1. The van der Waals surface area contributed by atoms with Crippen LogP contribution >= 0.6 is 0 Å². The quantitative estimate of drug-likeness (QED) is 0.626. The number of hydrogen-bond donors (Lipinski definition) is 1. The molecule has 0 fully saturated rings. The van der Waals surface area contributed by atoms with Crippen molar-refractivity contribution in [3.8, 4) is 0 Å². The molecule has 1 aromatic heterocycles. The average Bonchev–Trinajstić information content (AvgIpc) is 3.17. The first-order valence-electron chi connectivity index (χ1n) is 10.4. The summed E-state index contributed by atoms with van der Waals surface area (Å²) in [6, 6.07) is 17.5. The fourth-order valence-electron chi connectivity index (χ4n) is 5.34. The molecular formula is C25H28N2O3. The van der Waals surface area contributed by atoms with Gasteiger partial charge >= 0.3 is 5.97 Å². The van der Waals surface area contributed by atoms with Gasteiger partial charge in [0.2, 0.25) is 5.91 Å². The Kier molecular flexibility index (Phi) is 4.82. The molecule has 0 radical (unpaired) electrons. The summed E-state index contributed by atoms with van der Waals surface area (Å²) in [4.78, 5) is 28.7. The second kappa shape index (κ2) is 7.10. The molecule has 1 aliphatic rings. The van der Waals surface area contributed by atoms with E-state index in [2.05, 4.69) is 4.90 Å². The second-order valence-corrected chi connectivity index (χ2v) is 8.59. The summed E-state index contributed by atoms with van der Waals surface area (Å²) in [6.45, 7) is 4.41. The Hall–Kier alpha value is -2.92. The van der Waals surface area contributed by atoms with Gasteiger partial charge in [0, 0.05) is 17.6 Å². The molecule has 0 saturated carbocycles. The van der Waals surface area contributed by atoms with Gasteiger partial charge in [-0.15, -0.1) is 0 Å². The first-order chi connectivity index (χ1) is 14.3. The van der Waals surface area contributed by atoms with E-state index in [1.807, 2.05) is 75.6 Å². The van der Waals surface area contributed by atoms with Crippen LogP contribution in [0.4, 0.5) is 0 Å². The number of carboxylic acids is 1. The fourth-order valence-corrected chi connectivity index (χ4v) is 5.34. The van der Waals surface area contributed by atoms with Crippen molar-refractivity contribution in [3.63, 3.8) is 0 Å². The molecule has 3 aromatic rings. The van der Waals surface area contributed by atoms with E-state index in [4.69, 9.17) is 0 Å². The van der Waals surface area contributed by atoms with Gasteiger partial charge in [-0.05, 0) is 51.1 Å². The molecule has 156 valence electrons. The Balaban J connectivity index is 2.16. The Morgan fingerprint density at radius 1 is 1.07 bits per heavy atom. The van der Waals surface area contributed by atoms with Crippen LogP contribution in [0.5, 0.6) is 0 Å². The molecule has 30 heavy (non-hydrogen) atoms. The molecule has 2 atom stereocenters. The highest BCUT2D eigenvalue weighted by Gasteiger charge is 2.66. The summed E-state index contributed by atoms with van der Waals surface area (Å²) in [5.74, 6) is -1.44. The molecule has 0 bridgehead atoms. The number of carboxylic acid groups (broad SMARTS) is 1. The van der Waals surface area contributed by atoms with Crippen molar-refractivity contribution in [2.24, 2.45) is 5.41 Å². The van der Waals surface area contributed by atoms with Crippen LogP contribution in [0.25, 0.3) is 10.9 Å². The lowest BCUT2D eigenvalue weighted by Crippen LogP contribution is -2.50. The second-order valence-electron chi connectivity index (χ2n) is 8.59. The summed E-state index contributed by atoms with van der Waals surface area (Å²) in [5, 5.41) is 11.4. The minimum Gasteiger partial charge on any atom is -0.480 e. The van der Waals surface area contributed by atoms with Crippen molar-refractivity contribution < 1.29 is 14.7 Å². The van der Waals surface area contributed by atoms with Gasteiger partial charge in [0.25, 0.3) is 0 Å². The Morgan fingerprint density at radius 2 is 1.70 bits per heavy atom. The van der Waals surface area contributed by atoms with Gasteiger partial charge in [0.05, 0.1) is 10.9 Å². The van der Waals surface area contributed by atoms with Gasteiger partial charge in [-0.25, -0.2) is 0 Å². The lowest BCUT2D eigenvalue weighted by Gasteiger charge is -2.39. The molecule has 1 N–H and O–H groups in total. The monoisotopic (exact) mass is 404 g/mol. The van der Waals surface area contributed by atoms with Gasteiger partial charge in [0.15, 0.2) is 5.41 Å². The molecule has 0 amide bonds. The van der Waals surface area contributed by atoms with Crippen molar-refractivity contribution >= 4 is 22.8 Å². The lowest BCUT2D eigenvalue weighted by molar-refractivity contribution is -0.147. The lowest BCUT2D eigenvalue weighted by atomic mass is 9.58. The number of hydrogen-bond acceptors (Lipinski definition) is 3. The standard InChI is InChI=1S/C25H28N2O3/c1-5-25(17-11-7-6-8-12-17)21-19(15-16-26(3)4)18-13-9-10-14-20(18)27(21)22(28)24(25,2)23(29)30/h6-14H,5,15-16H2,1-4H3,(H,29,30). The molecular weight excluding hydrogens is 376 g/mol. The highest BCUT2D eigenvalue weighted by Crippen LogP contribution is 2.58. The number of nitrogens with zero attached hydrogens (tertiary/aromatic N) is 2. The SMILES string of the molecule is CCC1(c2ccccc2)c2c(CCN(C)C)c3ccccc3n2C(=O)C1(C)C(=O)O. The molecule has 0 aliphatic carbocycles. The summed E-state index contributed by atoms with van der Waals surface area (Å²) < 4.78 is 1.70. The third-order valence-electron chi connectivity index (χ3n) is 6.90. The minimum atomic E-state index is -1.59. The molecule has 0 spiro atoms. The predicted molar refractivity (Wildman–Crippen MR) is 118 cm³/mol.